The van der Waals surface area contributed by atoms with E-state index in [0.29, 0.717) is 4.90 Å². The molecule has 0 spiro atoms. The number of hydrogen-bond donors (Lipinski definition) is 0. The Labute approximate surface area is 127 Å². The lowest BCUT2D eigenvalue weighted by Crippen LogP contribution is -2.47. The highest BCUT2D eigenvalue weighted by Crippen LogP contribution is 2.27. The first kappa shape index (κ1) is 16.3. The van der Waals surface area contributed by atoms with Crippen molar-refractivity contribution in [3.63, 3.8) is 0 Å². The van der Waals surface area contributed by atoms with Crippen LogP contribution in [0.5, 0.6) is 0 Å². The highest BCUT2D eigenvalue weighted by atomic mass is 32.2. The zero-order valence-corrected chi connectivity index (χ0v) is 13.8. The number of anilines is 1. The van der Waals surface area contributed by atoms with Gasteiger partial charge in [0.1, 0.15) is 0 Å². The van der Waals surface area contributed by atoms with Gasteiger partial charge in [-0.2, -0.15) is 0 Å². The molecule has 0 aliphatic carbocycles. The number of piperazine rings is 1. The summed E-state index contributed by atoms with van der Waals surface area (Å²) in [5.74, 6) is 0. The van der Waals surface area contributed by atoms with Crippen molar-refractivity contribution in [2.24, 2.45) is 0 Å². The summed E-state index contributed by atoms with van der Waals surface area (Å²) in [4.78, 5) is 5.07. The summed E-state index contributed by atoms with van der Waals surface area (Å²) in [5, 5.41) is 0. The molecule has 1 fully saturated rings. The molecule has 0 saturated carbocycles. The highest BCUT2D eigenvalue weighted by molar-refractivity contribution is 7.90. The highest BCUT2D eigenvalue weighted by Gasteiger charge is 2.20. The average Bonchev–Trinajstić information content (AvgIpc) is 2.45. The van der Waals surface area contributed by atoms with Crippen LogP contribution in [0.3, 0.4) is 0 Å². The van der Waals surface area contributed by atoms with Crippen LogP contribution in [0.2, 0.25) is 0 Å². The van der Waals surface area contributed by atoms with Crippen molar-refractivity contribution in [1.29, 1.82) is 0 Å². The van der Waals surface area contributed by atoms with Gasteiger partial charge < -0.3 is 9.64 Å². The molecule has 1 aromatic rings. The minimum Gasteiger partial charge on any atom is -0.383 e. The third-order valence-electron chi connectivity index (χ3n) is 3.98. The Morgan fingerprint density at radius 1 is 1.19 bits per heavy atom. The Bertz CT molecular complexity index is 579. The summed E-state index contributed by atoms with van der Waals surface area (Å²) in [6.45, 7) is 7.38. The predicted molar refractivity (Wildman–Crippen MR) is 84.8 cm³/mol. The summed E-state index contributed by atoms with van der Waals surface area (Å²) >= 11 is 0. The van der Waals surface area contributed by atoms with Crippen LogP contribution in [0.4, 0.5) is 5.69 Å². The molecule has 1 aliphatic rings. The number of ether oxygens (including phenoxy) is 1. The van der Waals surface area contributed by atoms with Gasteiger partial charge in [0.25, 0.3) is 0 Å². The number of benzene rings is 1. The fraction of sp³-hybridized carbons (Fsp3) is 0.600. The Morgan fingerprint density at radius 2 is 1.86 bits per heavy atom. The van der Waals surface area contributed by atoms with Crippen molar-refractivity contribution >= 4 is 15.5 Å². The molecule has 5 nitrogen and oxygen atoms in total. The Kier molecular flexibility index (Phi) is 5.24. The van der Waals surface area contributed by atoms with Gasteiger partial charge >= 0.3 is 0 Å². The smallest absolute Gasteiger partial charge is 0.175 e. The number of rotatable bonds is 5. The molecule has 0 N–H and O–H groups in total. The zero-order chi connectivity index (χ0) is 15.5. The van der Waals surface area contributed by atoms with E-state index in [1.54, 1.807) is 13.2 Å². The van der Waals surface area contributed by atoms with Crippen LogP contribution in [0, 0.1) is 6.92 Å². The Hall–Kier alpha value is -1.11. The molecule has 21 heavy (non-hydrogen) atoms. The number of hydrogen-bond acceptors (Lipinski definition) is 5. The molecule has 0 amide bonds. The zero-order valence-electron chi connectivity index (χ0n) is 13.0. The van der Waals surface area contributed by atoms with Crippen molar-refractivity contribution < 1.29 is 13.2 Å². The van der Waals surface area contributed by atoms with Crippen LogP contribution in [0.15, 0.2) is 23.1 Å². The van der Waals surface area contributed by atoms with Crippen LogP contribution >= 0.6 is 0 Å². The second-order valence-electron chi connectivity index (χ2n) is 5.49. The molecular weight excluding hydrogens is 288 g/mol. The van der Waals surface area contributed by atoms with Crippen LogP contribution in [0.1, 0.15) is 5.56 Å². The first-order chi connectivity index (χ1) is 9.93. The Morgan fingerprint density at radius 3 is 2.43 bits per heavy atom. The summed E-state index contributed by atoms with van der Waals surface area (Å²) < 4.78 is 28.7. The summed E-state index contributed by atoms with van der Waals surface area (Å²) in [7, 11) is -1.45. The third kappa shape index (κ3) is 3.96. The van der Waals surface area contributed by atoms with Gasteiger partial charge in [-0.1, -0.05) is 6.07 Å². The van der Waals surface area contributed by atoms with Gasteiger partial charge in [-0.25, -0.2) is 8.42 Å². The third-order valence-corrected chi connectivity index (χ3v) is 5.22. The maximum absolute atomic E-state index is 11.8. The quantitative estimate of drug-likeness (QED) is 0.817. The summed E-state index contributed by atoms with van der Waals surface area (Å²) in [5.41, 5.74) is 1.88. The summed E-state index contributed by atoms with van der Waals surface area (Å²) in [6.07, 6.45) is 1.27. The van der Waals surface area contributed by atoms with Crippen molar-refractivity contribution in [3.8, 4) is 0 Å². The molecule has 118 valence electrons. The van der Waals surface area contributed by atoms with Crippen molar-refractivity contribution in [2.75, 3.05) is 57.6 Å². The molecule has 1 aliphatic heterocycles. The second kappa shape index (κ2) is 6.77. The van der Waals surface area contributed by atoms with Gasteiger partial charge in [0.05, 0.1) is 11.5 Å². The van der Waals surface area contributed by atoms with Crippen LogP contribution in [0.25, 0.3) is 0 Å². The summed E-state index contributed by atoms with van der Waals surface area (Å²) in [6, 6.07) is 5.52. The maximum Gasteiger partial charge on any atom is 0.175 e. The van der Waals surface area contributed by atoms with Gasteiger partial charge in [0.2, 0.25) is 0 Å². The number of nitrogens with zero attached hydrogens (tertiary/aromatic N) is 2. The average molecular weight is 312 g/mol. The van der Waals surface area contributed by atoms with E-state index in [1.807, 2.05) is 19.1 Å². The molecule has 0 aromatic heterocycles. The first-order valence-corrected chi connectivity index (χ1v) is 9.08. The molecule has 0 unspecified atom stereocenters. The lowest BCUT2D eigenvalue weighted by atomic mass is 10.1. The normalized spacial score (nSPS) is 17.2. The SMILES string of the molecule is COCCN1CCN(c2cccc(S(C)(=O)=O)c2C)CC1. The van der Waals surface area contributed by atoms with Gasteiger partial charge in [0.15, 0.2) is 9.84 Å². The largest absolute Gasteiger partial charge is 0.383 e. The fourth-order valence-electron chi connectivity index (χ4n) is 2.78. The van der Waals surface area contributed by atoms with E-state index in [0.717, 1.165) is 50.6 Å². The molecule has 1 heterocycles. The molecular formula is C15H24N2O3S. The minimum absolute atomic E-state index is 0.432. The number of sulfone groups is 1. The monoisotopic (exact) mass is 312 g/mol. The number of methoxy groups -OCH3 is 1. The topological polar surface area (TPSA) is 49.9 Å². The first-order valence-electron chi connectivity index (χ1n) is 7.19. The van der Waals surface area contributed by atoms with Gasteiger partial charge in [-0.05, 0) is 24.6 Å². The standard InChI is InChI=1S/C15H24N2O3S/c1-13-14(5-4-6-15(13)21(3,18)19)17-9-7-16(8-10-17)11-12-20-2/h4-6H,7-12H2,1-3H3. The minimum atomic E-state index is -3.17. The fourth-order valence-corrected chi connectivity index (χ4v) is 3.77. The molecule has 6 heteroatoms. The van der Waals surface area contributed by atoms with E-state index < -0.39 is 9.84 Å². The van der Waals surface area contributed by atoms with Gasteiger partial charge in [-0.3, -0.25) is 4.90 Å². The van der Waals surface area contributed by atoms with E-state index in [4.69, 9.17) is 4.74 Å². The molecule has 2 rings (SSSR count). The van der Waals surface area contributed by atoms with Gasteiger partial charge in [-0.15, -0.1) is 0 Å². The van der Waals surface area contributed by atoms with Crippen LogP contribution < -0.4 is 4.90 Å². The van der Waals surface area contributed by atoms with Crippen molar-refractivity contribution in [3.05, 3.63) is 23.8 Å². The molecule has 0 bridgehead atoms. The molecule has 0 atom stereocenters. The van der Waals surface area contributed by atoms with Crippen molar-refractivity contribution in [1.82, 2.24) is 4.90 Å². The van der Waals surface area contributed by atoms with E-state index in [2.05, 4.69) is 9.80 Å². The molecule has 0 radical (unpaired) electrons. The second-order valence-corrected chi connectivity index (χ2v) is 7.48. The lowest BCUT2D eigenvalue weighted by Gasteiger charge is -2.36. The van der Waals surface area contributed by atoms with E-state index in [1.165, 1.54) is 6.26 Å². The van der Waals surface area contributed by atoms with Gasteiger partial charge in [0, 0.05) is 51.8 Å². The van der Waals surface area contributed by atoms with E-state index >= 15 is 0 Å². The Balaban J connectivity index is 2.11. The lowest BCUT2D eigenvalue weighted by molar-refractivity contribution is 0.144. The van der Waals surface area contributed by atoms with E-state index in [9.17, 15) is 8.42 Å². The van der Waals surface area contributed by atoms with Crippen LogP contribution in [-0.2, 0) is 14.6 Å². The van der Waals surface area contributed by atoms with E-state index in [-0.39, 0.29) is 0 Å². The van der Waals surface area contributed by atoms with Crippen molar-refractivity contribution in [2.45, 2.75) is 11.8 Å². The molecule has 1 saturated heterocycles. The predicted octanol–water partition coefficient (Wildman–Crippen LogP) is 1.17. The van der Waals surface area contributed by atoms with Crippen LogP contribution in [-0.4, -0.2) is 66.0 Å². The molecule has 1 aromatic carbocycles. The maximum atomic E-state index is 11.8.